The lowest BCUT2D eigenvalue weighted by Gasteiger charge is -2.31. The first-order valence-electron chi connectivity index (χ1n) is 9.35. The largest absolute Gasteiger partial charge is 0.310 e. The average molecular weight is 422 g/mol. The first-order valence-corrected chi connectivity index (χ1v) is 10.5. The number of anilines is 2. The molecule has 0 aliphatic carbocycles. The highest BCUT2D eigenvalue weighted by Gasteiger charge is 2.27. The molecule has 1 saturated heterocycles. The Bertz CT molecular complexity index is 839. The van der Waals surface area contributed by atoms with E-state index in [1.165, 1.54) is 17.5 Å². The molecule has 1 aliphatic rings. The van der Waals surface area contributed by atoms with Gasteiger partial charge in [-0.15, -0.1) is 11.3 Å². The minimum Gasteiger partial charge on any atom is -0.310 e. The number of nitrogens with zero attached hydrogens (tertiary/aromatic N) is 3. The molecule has 1 unspecified atom stereocenters. The van der Waals surface area contributed by atoms with Crippen molar-refractivity contribution in [1.29, 1.82) is 0 Å². The molecular formula is C19H24ClN5O2S. The molecule has 1 atom stereocenters. The van der Waals surface area contributed by atoms with E-state index in [1.54, 1.807) is 12.1 Å². The van der Waals surface area contributed by atoms with Crippen LogP contribution in [0.5, 0.6) is 0 Å². The van der Waals surface area contributed by atoms with E-state index in [-0.39, 0.29) is 24.3 Å². The number of halogens is 1. The van der Waals surface area contributed by atoms with Gasteiger partial charge >= 0.3 is 0 Å². The van der Waals surface area contributed by atoms with Gasteiger partial charge < -0.3 is 10.6 Å². The summed E-state index contributed by atoms with van der Waals surface area (Å²) in [5, 5.41) is 6.86. The van der Waals surface area contributed by atoms with E-state index in [2.05, 4.69) is 20.6 Å². The highest BCUT2D eigenvalue weighted by molar-refractivity contribution is 7.15. The number of pyridine rings is 1. The Labute approximate surface area is 173 Å². The van der Waals surface area contributed by atoms with Gasteiger partial charge in [-0.05, 0) is 44.9 Å². The first-order chi connectivity index (χ1) is 13.4. The summed E-state index contributed by atoms with van der Waals surface area (Å²) in [6, 6.07) is 3.36. The third-order valence-corrected chi connectivity index (χ3v) is 5.85. The van der Waals surface area contributed by atoms with E-state index in [4.69, 9.17) is 11.6 Å². The summed E-state index contributed by atoms with van der Waals surface area (Å²) < 4.78 is 0. The van der Waals surface area contributed by atoms with Crippen LogP contribution in [0.4, 0.5) is 10.9 Å². The summed E-state index contributed by atoms with van der Waals surface area (Å²) in [7, 11) is 0. The Morgan fingerprint density at radius 3 is 2.86 bits per heavy atom. The zero-order chi connectivity index (χ0) is 20.1. The van der Waals surface area contributed by atoms with E-state index >= 15 is 0 Å². The molecule has 3 heterocycles. The number of carbonyl (C=O) groups is 2. The average Bonchev–Trinajstić information content (AvgIpc) is 3.02. The fraction of sp³-hybridized carbons (Fsp3) is 0.474. The van der Waals surface area contributed by atoms with Crippen LogP contribution in [0, 0.1) is 12.8 Å². The molecule has 1 fully saturated rings. The number of aromatic nitrogens is 2. The molecule has 2 amide bonds. The van der Waals surface area contributed by atoms with Crippen molar-refractivity contribution in [3.63, 3.8) is 0 Å². The maximum absolute atomic E-state index is 12.5. The molecule has 0 spiro atoms. The summed E-state index contributed by atoms with van der Waals surface area (Å²) in [5.74, 6) is 0.128. The third-order valence-electron chi connectivity index (χ3n) is 4.70. The van der Waals surface area contributed by atoms with Crippen molar-refractivity contribution >= 4 is 45.7 Å². The highest BCUT2D eigenvalue weighted by Crippen LogP contribution is 2.23. The number of hydrogen-bond acceptors (Lipinski definition) is 6. The molecule has 28 heavy (non-hydrogen) atoms. The molecule has 2 aromatic rings. The summed E-state index contributed by atoms with van der Waals surface area (Å²) in [4.78, 5) is 36.6. The van der Waals surface area contributed by atoms with Gasteiger partial charge in [0.15, 0.2) is 5.13 Å². The number of likely N-dealkylation sites (tertiary alicyclic amines) is 1. The second-order valence-electron chi connectivity index (χ2n) is 6.85. The molecule has 0 bridgehead atoms. The minimum atomic E-state index is -0.173. The van der Waals surface area contributed by atoms with Crippen LogP contribution in [-0.4, -0.2) is 46.3 Å². The van der Waals surface area contributed by atoms with Gasteiger partial charge in [0.2, 0.25) is 11.8 Å². The Morgan fingerprint density at radius 2 is 2.18 bits per heavy atom. The smallest absolute Gasteiger partial charge is 0.240 e. The number of carbonyl (C=O) groups excluding carboxylic acids is 2. The van der Waals surface area contributed by atoms with Crippen molar-refractivity contribution in [3.8, 4) is 0 Å². The molecule has 2 N–H and O–H groups in total. The number of amides is 2. The molecule has 0 aromatic carbocycles. The van der Waals surface area contributed by atoms with Crippen LogP contribution in [0.25, 0.3) is 0 Å². The summed E-state index contributed by atoms with van der Waals surface area (Å²) in [5.41, 5.74) is 1.02. The maximum Gasteiger partial charge on any atom is 0.240 e. The van der Waals surface area contributed by atoms with Crippen LogP contribution in [0.1, 0.15) is 30.3 Å². The lowest BCUT2D eigenvalue weighted by atomic mass is 9.97. The summed E-state index contributed by atoms with van der Waals surface area (Å²) in [6.45, 7) is 5.65. The van der Waals surface area contributed by atoms with E-state index in [1.807, 2.05) is 18.7 Å². The molecule has 0 saturated carbocycles. The van der Waals surface area contributed by atoms with E-state index < -0.39 is 0 Å². The molecule has 150 valence electrons. The van der Waals surface area contributed by atoms with Gasteiger partial charge in [0, 0.05) is 17.6 Å². The van der Waals surface area contributed by atoms with Crippen molar-refractivity contribution in [2.24, 2.45) is 5.92 Å². The number of nitrogens with one attached hydrogen (secondary N) is 2. The fourth-order valence-electron chi connectivity index (χ4n) is 3.26. The van der Waals surface area contributed by atoms with Crippen molar-refractivity contribution < 1.29 is 9.59 Å². The third kappa shape index (κ3) is 5.50. The lowest BCUT2D eigenvalue weighted by Crippen LogP contribution is -2.44. The predicted octanol–water partition coefficient (Wildman–Crippen LogP) is 3.35. The van der Waals surface area contributed by atoms with Crippen molar-refractivity contribution in [2.75, 3.05) is 30.3 Å². The minimum absolute atomic E-state index is 0.0805. The van der Waals surface area contributed by atoms with Crippen LogP contribution < -0.4 is 10.6 Å². The molecule has 7 nitrogen and oxygen atoms in total. The van der Waals surface area contributed by atoms with Crippen molar-refractivity contribution in [1.82, 2.24) is 14.9 Å². The van der Waals surface area contributed by atoms with Crippen LogP contribution in [0.15, 0.2) is 18.3 Å². The zero-order valence-corrected chi connectivity index (χ0v) is 17.6. The van der Waals surface area contributed by atoms with Crippen LogP contribution in [0.3, 0.4) is 0 Å². The van der Waals surface area contributed by atoms with Gasteiger partial charge in [-0.3, -0.25) is 14.5 Å². The van der Waals surface area contributed by atoms with Crippen LogP contribution >= 0.6 is 22.9 Å². The molecule has 1 aliphatic heterocycles. The second kappa shape index (κ2) is 9.45. The van der Waals surface area contributed by atoms with E-state index in [0.717, 1.165) is 36.4 Å². The van der Waals surface area contributed by atoms with Crippen molar-refractivity contribution in [3.05, 3.63) is 33.9 Å². The lowest BCUT2D eigenvalue weighted by molar-refractivity contribution is -0.123. The van der Waals surface area contributed by atoms with Gasteiger partial charge in [0.1, 0.15) is 5.82 Å². The predicted molar refractivity (Wildman–Crippen MR) is 112 cm³/mol. The first kappa shape index (κ1) is 20.7. The Kier molecular flexibility index (Phi) is 6.98. The number of thiazole rings is 1. The number of piperidine rings is 1. The monoisotopic (exact) mass is 421 g/mol. The standard InChI is InChI=1S/C19H24ClN5O2S/c1-3-15-12(2)28-19(22-15)24-17(26)11-25-8-4-5-13(10-25)18(27)23-16-7-6-14(20)9-21-16/h6-7,9,13H,3-5,8,10-11H2,1-2H3,(H,21,23,27)(H,22,24,26). The highest BCUT2D eigenvalue weighted by atomic mass is 35.5. The molecular weight excluding hydrogens is 398 g/mol. The van der Waals surface area contributed by atoms with Gasteiger partial charge in [0.25, 0.3) is 0 Å². The van der Waals surface area contributed by atoms with Gasteiger partial charge in [-0.1, -0.05) is 18.5 Å². The summed E-state index contributed by atoms with van der Waals surface area (Å²) in [6.07, 6.45) is 4.02. The number of aryl methyl sites for hydroxylation is 2. The molecule has 3 rings (SSSR count). The second-order valence-corrected chi connectivity index (χ2v) is 8.49. The van der Waals surface area contributed by atoms with Crippen LogP contribution in [0.2, 0.25) is 5.02 Å². The topological polar surface area (TPSA) is 87.2 Å². The number of hydrogen-bond donors (Lipinski definition) is 2. The van der Waals surface area contributed by atoms with Gasteiger partial charge in [-0.25, -0.2) is 9.97 Å². The van der Waals surface area contributed by atoms with Crippen LogP contribution in [-0.2, 0) is 16.0 Å². The Morgan fingerprint density at radius 1 is 1.36 bits per heavy atom. The molecule has 9 heteroatoms. The fourth-order valence-corrected chi connectivity index (χ4v) is 4.29. The van der Waals surface area contributed by atoms with Gasteiger partial charge in [0.05, 0.1) is 23.2 Å². The maximum atomic E-state index is 12.5. The normalized spacial score (nSPS) is 17.3. The quantitative estimate of drug-likeness (QED) is 0.746. The Hall–Kier alpha value is -2.03. The van der Waals surface area contributed by atoms with E-state index in [0.29, 0.717) is 22.5 Å². The van der Waals surface area contributed by atoms with Crippen molar-refractivity contribution in [2.45, 2.75) is 33.1 Å². The number of rotatable bonds is 6. The molecule has 2 aromatic heterocycles. The van der Waals surface area contributed by atoms with Gasteiger partial charge in [-0.2, -0.15) is 0 Å². The summed E-state index contributed by atoms with van der Waals surface area (Å²) >= 11 is 7.31. The molecule has 0 radical (unpaired) electrons. The zero-order valence-electron chi connectivity index (χ0n) is 16.0. The Balaban J connectivity index is 1.51. The SMILES string of the molecule is CCc1nc(NC(=O)CN2CCCC(C(=O)Nc3ccc(Cl)cn3)C2)sc1C. The van der Waals surface area contributed by atoms with E-state index in [9.17, 15) is 9.59 Å².